The van der Waals surface area contributed by atoms with E-state index in [1.165, 1.54) is 6.20 Å². The molecule has 0 bridgehead atoms. The highest BCUT2D eigenvalue weighted by Crippen LogP contribution is 2.38. The zero-order valence-electron chi connectivity index (χ0n) is 9.58. The summed E-state index contributed by atoms with van der Waals surface area (Å²) in [5, 5.41) is 9.17. The molecule has 18 heavy (non-hydrogen) atoms. The molecule has 0 spiro atoms. The van der Waals surface area contributed by atoms with Gasteiger partial charge in [0.25, 0.3) is 0 Å². The molecule has 0 radical (unpaired) electrons. The molecule has 2 aromatic heterocycles. The second kappa shape index (κ2) is 4.18. The van der Waals surface area contributed by atoms with E-state index in [4.69, 9.17) is 0 Å². The Balaban J connectivity index is 2.14. The van der Waals surface area contributed by atoms with Crippen LogP contribution in [0.5, 0.6) is 0 Å². The van der Waals surface area contributed by atoms with E-state index in [9.17, 15) is 9.90 Å². The second-order valence-corrected chi connectivity index (χ2v) is 4.31. The van der Waals surface area contributed by atoms with Crippen LogP contribution in [0.15, 0.2) is 30.7 Å². The molecular formula is C13H11N3O2. The quantitative estimate of drug-likeness (QED) is 0.890. The highest BCUT2D eigenvalue weighted by molar-refractivity contribution is 5.94. The lowest BCUT2D eigenvalue weighted by Crippen LogP contribution is -2.05. The molecule has 1 N–H and O–H groups in total. The summed E-state index contributed by atoms with van der Waals surface area (Å²) in [6, 6.07) is 3.57. The van der Waals surface area contributed by atoms with E-state index in [0.717, 1.165) is 18.7 Å². The van der Waals surface area contributed by atoms with Crippen molar-refractivity contribution in [2.75, 3.05) is 0 Å². The van der Waals surface area contributed by atoms with E-state index < -0.39 is 5.97 Å². The van der Waals surface area contributed by atoms with Crippen LogP contribution in [0.3, 0.4) is 0 Å². The van der Waals surface area contributed by atoms with Crippen LogP contribution in [-0.2, 0) is 0 Å². The molecule has 2 heterocycles. The van der Waals surface area contributed by atoms with Gasteiger partial charge in [-0.1, -0.05) is 0 Å². The molecule has 0 aliphatic heterocycles. The van der Waals surface area contributed by atoms with Crippen LogP contribution < -0.4 is 0 Å². The van der Waals surface area contributed by atoms with Gasteiger partial charge in [-0.15, -0.1) is 0 Å². The van der Waals surface area contributed by atoms with Crippen molar-refractivity contribution in [3.05, 3.63) is 42.1 Å². The summed E-state index contributed by atoms with van der Waals surface area (Å²) >= 11 is 0. The summed E-state index contributed by atoms with van der Waals surface area (Å²) in [5.74, 6) is 0.110. The highest BCUT2D eigenvalue weighted by Gasteiger charge is 2.28. The first-order chi connectivity index (χ1) is 8.75. The Labute approximate surface area is 104 Å². The molecule has 2 aromatic rings. The predicted molar refractivity (Wildman–Crippen MR) is 64.2 cm³/mol. The minimum absolute atomic E-state index is 0.118. The van der Waals surface area contributed by atoms with Crippen molar-refractivity contribution < 1.29 is 9.90 Å². The van der Waals surface area contributed by atoms with Crippen molar-refractivity contribution in [2.45, 2.75) is 18.8 Å². The Kier molecular flexibility index (Phi) is 2.51. The van der Waals surface area contributed by atoms with E-state index in [1.54, 1.807) is 24.5 Å². The summed E-state index contributed by atoms with van der Waals surface area (Å²) in [5.41, 5.74) is 1.28. The van der Waals surface area contributed by atoms with Crippen LogP contribution >= 0.6 is 0 Å². The fraction of sp³-hybridized carbons (Fsp3) is 0.231. The van der Waals surface area contributed by atoms with Crippen molar-refractivity contribution >= 4 is 5.97 Å². The molecule has 3 rings (SSSR count). The van der Waals surface area contributed by atoms with Crippen molar-refractivity contribution in [2.24, 2.45) is 0 Å². The maximum Gasteiger partial charge on any atom is 0.339 e. The third-order valence-electron chi connectivity index (χ3n) is 2.92. The zero-order valence-corrected chi connectivity index (χ0v) is 9.58. The van der Waals surface area contributed by atoms with E-state index in [0.29, 0.717) is 17.2 Å². The van der Waals surface area contributed by atoms with Crippen LogP contribution in [0.2, 0.25) is 0 Å². The minimum Gasteiger partial charge on any atom is -0.478 e. The van der Waals surface area contributed by atoms with Gasteiger partial charge in [-0.25, -0.2) is 14.8 Å². The lowest BCUT2D eigenvalue weighted by atomic mass is 10.1. The Morgan fingerprint density at radius 3 is 2.78 bits per heavy atom. The SMILES string of the molecule is O=C(O)c1cnc(C2CC2)nc1-c1cccnc1. The number of aromatic carboxylic acids is 1. The van der Waals surface area contributed by atoms with Gasteiger partial charge in [0.05, 0.1) is 5.69 Å². The summed E-state index contributed by atoms with van der Waals surface area (Å²) in [4.78, 5) is 23.7. The van der Waals surface area contributed by atoms with Gasteiger partial charge in [-0.3, -0.25) is 4.98 Å². The number of pyridine rings is 1. The molecule has 1 aliphatic rings. The Morgan fingerprint density at radius 1 is 1.33 bits per heavy atom. The topological polar surface area (TPSA) is 76.0 Å². The van der Waals surface area contributed by atoms with E-state index in [2.05, 4.69) is 15.0 Å². The Hall–Kier alpha value is -2.30. The first-order valence-electron chi connectivity index (χ1n) is 5.76. The fourth-order valence-corrected chi connectivity index (χ4v) is 1.81. The number of aromatic nitrogens is 3. The fourth-order valence-electron chi connectivity index (χ4n) is 1.81. The molecule has 0 saturated heterocycles. The zero-order chi connectivity index (χ0) is 12.5. The summed E-state index contributed by atoms with van der Waals surface area (Å²) in [7, 11) is 0. The Bertz CT molecular complexity index is 594. The van der Waals surface area contributed by atoms with Crippen LogP contribution in [-0.4, -0.2) is 26.0 Å². The number of carboxylic acid groups (broad SMARTS) is 1. The smallest absolute Gasteiger partial charge is 0.339 e. The maximum absolute atomic E-state index is 11.2. The highest BCUT2D eigenvalue weighted by atomic mass is 16.4. The largest absolute Gasteiger partial charge is 0.478 e. The van der Waals surface area contributed by atoms with Crippen molar-refractivity contribution in [1.29, 1.82) is 0 Å². The van der Waals surface area contributed by atoms with Crippen molar-refractivity contribution in [1.82, 2.24) is 15.0 Å². The second-order valence-electron chi connectivity index (χ2n) is 4.31. The molecule has 1 fully saturated rings. The normalized spacial score (nSPS) is 14.4. The van der Waals surface area contributed by atoms with Crippen LogP contribution in [0.4, 0.5) is 0 Å². The molecule has 0 aromatic carbocycles. The van der Waals surface area contributed by atoms with Gasteiger partial charge in [0.2, 0.25) is 0 Å². The summed E-state index contributed by atoms with van der Waals surface area (Å²) in [6.07, 6.45) is 6.82. The number of hydrogen-bond acceptors (Lipinski definition) is 4. The average molecular weight is 241 g/mol. The lowest BCUT2D eigenvalue weighted by Gasteiger charge is -2.06. The van der Waals surface area contributed by atoms with Crippen LogP contribution in [0.25, 0.3) is 11.3 Å². The van der Waals surface area contributed by atoms with Gasteiger partial charge in [0.15, 0.2) is 0 Å². The minimum atomic E-state index is -1.02. The van der Waals surface area contributed by atoms with Gasteiger partial charge < -0.3 is 5.11 Å². The number of nitrogens with zero attached hydrogens (tertiary/aromatic N) is 3. The van der Waals surface area contributed by atoms with Gasteiger partial charge in [-0.2, -0.15) is 0 Å². The monoisotopic (exact) mass is 241 g/mol. The molecule has 0 atom stereocenters. The third kappa shape index (κ3) is 1.95. The number of rotatable bonds is 3. The van der Waals surface area contributed by atoms with Gasteiger partial charge in [0.1, 0.15) is 11.4 Å². The molecule has 0 amide bonds. The summed E-state index contributed by atoms with van der Waals surface area (Å²) < 4.78 is 0. The predicted octanol–water partition coefficient (Wildman–Crippen LogP) is 2.11. The molecule has 0 unspecified atom stereocenters. The van der Waals surface area contributed by atoms with Gasteiger partial charge >= 0.3 is 5.97 Å². The number of carboxylic acids is 1. The Morgan fingerprint density at radius 2 is 2.17 bits per heavy atom. The van der Waals surface area contributed by atoms with E-state index >= 15 is 0 Å². The molecule has 5 heteroatoms. The summed E-state index contributed by atoms with van der Waals surface area (Å²) in [6.45, 7) is 0. The van der Waals surface area contributed by atoms with Gasteiger partial charge in [0, 0.05) is 30.1 Å². The third-order valence-corrected chi connectivity index (χ3v) is 2.92. The molecular weight excluding hydrogens is 230 g/mol. The first kappa shape index (κ1) is 10.8. The lowest BCUT2D eigenvalue weighted by molar-refractivity contribution is 0.0697. The molecule has 5 nitrogen and oxygen atoms in total. The maximum atomic E-state index is 11.2. The standard InChI is InChI=1S/C13H11N3O2/c17-13(18)10-7-15-12(8-3-4-8)16-11(10)9-2-1-5-14-6-9/h1-2,5-8H,3-4H2,(H,17,18). The van der Waals surface area contributed by atoms with Crippen molar-refractivity contribution in [3.63, 3.8) is 0 Å². The van der Waals surface area contributed by atoms with Crippen LogP contribution in [0.1, 0.15) is 34.9 Å². The molecule has 1 saturated carbocycles. The number of carbonyl (C=O) groups is 1. The van der Waals surface area contributed by atoms with E-state index in [-0.39, 0.29) is 5.56 Å². The van der Waals surface area contributed by atoms with Crippen molar-refractivity contribution in [3.8, 4) is 11.3 Å². The molecule has 90 valence electrons. The van der Waals surface area contributed by atoms with E-state index in [1.807, 2.05) is 0 Å². The number of hydrogen-bond donors (Lipinski definition) is 1. The average Bonchev–Trinajstić information content (AvgIpc) is 3.23. The molecule has 1 aliphatic carbocycles. The first-order valence-corrected chi connectivity index (χ1v) is 5.76. The van der Waals surface area contributed by atoms with Crippen LogP contribution in [0, 0.1) is 0 Å². The van der Waals surface area contributed by atoms with Gasteiger partial charge in [-0.05, 0) is 25.0 Å².